The number of hydrogen-bond donors (Lipinski definition) is 5. The molecule has 0 spiro atoms. The highest BCUT2D eigenvalue weighted by Crippen LogP contribution is 2.31. The lowest BCUT2D eigenvalue weighted by atomic mass is 9.89. The number of aryl methyl sites for hydroxylation is 1. The summed E-state index contributed by atoms with van der Waals surface area (Å²) in [6.07, 6.45) is 20.5. The average Bonchev–Trinajstić information content (AvgIpc) is 0.851. The summed E-state index contributed by atoms with van der Waals surface area (Å²) in [5.74, 6) is 6.96. The van der Waals surface area contributed by atoms with Gasteiger partial charge < -0.3 is 74.0 Å². The summed E-state index contributed by atoms with van der Waals surface area (Å²) in [5.41, 5.74) is 9.17. The van der Waals surface area contributed by atoms with Crippen molar-refractivity contribution in [3.8, 4) is 68.9 Å². The second-order valence-electron chi connectivity index (χ2n) is 48.7. The van der Waals surface area contributed by atoms with Gasteiger partial charge in [-0.1, -0.05) is 179 Å². The maximum atomic E-state index is 6.02. The third-order valence-corrected chi connectivity index (χ3v) is 18.6. The minimum Gasteiger partial charge on any atom is -0.494 e. The molecule has 0 bridgehead atoms. The summed E-state index contributed by atoms with van der Waals surface area (Å²) in [4.78, 5) is 30.8. The van der Waals surface area contributed by atoms with Gasteiger partial charge in [0.25, 0.3) is 0 Å². The Kier molecular flexibility index (Phi) is 57.6. The van der Waals surface area contributed by atoms with E-state index in [1.807, 2.05) is 144 Å². The Hall–Kier alpha value is -8.93. The summed E-state index contributed by atoms with van der Waals surface area (Å²) in [7, 11) is 0. The van der Waals surface area contributed by atoms with Crippen molar-refractivity contribution in [3.63, 3.8) is 0 Å². The van der Waals surface area contributed by atoms with Crippen molar-refractivity contribution in [2.45, 2.75) is 381 Å². The van der Waals surface area contributed by atoms with Crippen LogP contribution in [0.1, 0.15) is 341 Å². The first-order valence-electron chi connectivity index (χ1n) is 51.1. The van der Waals surface area contributed by atoms with Crippen LogP contribution in [-0.2, 0) is 21.3 Å². The maximum absolute atomic E-state index is 6.02. The van der Waals surface area contributed by atoms with Gasteiger partial charge in [-0.3, -0.25) is 15.0 Å². The fraction of sp³-hybridized carbons (Fsp3) is 0.650. The average molecular weight is 1930 g/mol. The number of hydrogen-bond acceptors (Lipinski definition) is 22. The quantitative estimate of drug-likeness (QED) is 0.0225. The number of anilines is 2. The van der Waals surface area contributed by atoms with Gasteiger partial charge in [0.1, 0.15) is 53.9 Å². The molecule has 6 aromatic heterocycles. The van der Waals surface area contributed by atoms with E-state index in [-0.39, 0.29) is 67.0 Å². The van der Waals surface area contributed by atoms with E-state index in [1.54, 1.807) is 24.8 Å². The van der Waals surface area contributed by atoms with Gasteiger partial charge in [0, 0.05) is 132 Å². The Labute approximate surface area is 847 Å². The molecule has 22 heteroatoms. The van der Waals surface area contributed by atoms with E-state index < -0.39 is 0 Å². The highest BCUT2D eigenvalue weighted by Gasteiger charge is 2.22. The number of benzene rings is 2. The molecule has 6 heterocycles. The van der Waals surface area contributed by atoms with Gasteiger partial charge in [-0.2, -0.15) is 0 Å². The first-order valence-corrected chi connectivity index (χ1v) is 51.1. The molecular formula is C117H198N12O10. The lowest BCUT2D eigenvalue weighted by Gasteiger charge is -2.23. The zero-order chi connectivity index (χ0) is 106. The van der Waals surface area contributed by atoms with E-state index in [4.69, 9.17) is 47.4 Å². The summed E-state index contributed by atoms with van der Waals surface area (Å²) >= 11 is 0. The molecule has 8 aromatic rings. The molecule has 22 nitrogen and oxygen atoms in total. The molecule has 0 aliphatic heterocycles. The largest absolute Gasteiger partial charge is 0.494 e. The van der Waals surface area contributed by atoms with Gasteiger partial charge >= 0.3 is 0 Å². The zero-order valence-corrected chi connectivity index (χ0v) is 95.4. The van der Waals surface area contributed by atoms with Crippen LogP contribution in [0.25, 0.3) is 22.5 Å². The summed E-state index contributed by atoms with van der Waals surface area (Å²) in [5, 5.41) is 16.9. The van der Waals surface area contributed by atoms with Gasteiger partial charge in [-0.05, 0) is 267 Å². The molecule has 1 unspecified atom stereocenters. The van der Waals surface area contributed by atoms with Gasteiger partial charge in [-0.25, -0.2) is 19.9 Å². The van der Waals surface area contributed by atoms with Crippen LogP contribution in [0.5, 0.6) is 46.4 Å². The second kappa shape index (κ2) is 62.5. The van der Waals surface area contributed by atoms with Crippen LogP contribution in [0.2, 0.25) is 0 Å². The summed E-state index contributed by atoms with van der Waals surface area (Å²) < 4.78 is 57.2. The standard InChI is InChI=1S/C23H34N2O2.C22H33N3O2.C18H31NO.C17H30N2O2.C17H30N2O.C16H28N2O2.2C2H6/c1-22(2,3)17-26-14-7-15-27-20-11-8-18(9-12-20)21-13-10-19(16-24-21)25-23(4,5)6;1-21(2,3)16-26-12-7-13-27-18-10-8-17(9-11-18)19-14-24-20(15-23-19)25-22(4,5)6;1-14(9-8-11-17(2,3)4)20-15-10-12-19-16(13-15)18(5,6)7;1-13(10-19-17(5,6)7)21-15-9-8-14(11-18-15)20-12-16(2,3)4;1-16(2,3)10-9-14-7-8-15(18-13-14)20-12-11-19-17(4,5)6;1-15(2,3)12-20-13-7-8-14(17-11-13)19-10-9-18-16(4,5)6;2*1-2/h8-13,16,25H,7,14-15,17H2,1-6H3;8-11,14-15H,7,12-13,16H2,1-6H3,(H,24,25);10,12-14H,8-9,11H2,1-7H3;8-9,11,13,19H,10,12H2,1-7H3;7-8,13,19H,9-12H2,1-6H3;7-8,11,18H,9-10,12H2,1-6H3;2*1-2H3/t;;;13-;;;;/m...1..../s1. The molecular weight excluding hydrogens is 1730 g/mol. The molecule has 0 saturated carbocycles. The molecule has 5 N–H and O–H groups in total. The number of ether oxygens (including phenoxy) is 10. The highest BCUT2D eigenvalue weighted by atomic mass is 16.5. The summed E-state index contributed by atoms with van der Waals surface area (Å²) in [6, 6.07) is 35.7. The van der Waals surface area contributed by atoms with Gasteiger partial charge in [-0.15, -0.1) is 0 Å². The SMILES string of the molecule is CC.CC.CC(C)(C)CCc1ccc(OCCNC(C)(C)C)nc1.CC(C)(C)COCCCOc1ccc(-c2ccc(NC(C)(C)C)cn2)cc1.CC(C)(C)COCCCOc1ccc(-c2cnc(NC(C)(C)C)cn2)cc1.CC(C)(C)COc1ccc(OCCNC(C)(C)C)nc1.CC(CCCC(C)(C)C)Oc1ccnc(C(C)(C)C)c1.C[C@H](CNC(C)(C)C)Oc1ccc(OCC(C)(C)C)cn1. The first-order chi connectivity index (χ1) is 64.2. The van der Waals surface area contributed by atoms with Crippen molar-refractivity contribution in [2.75, 3.05) is 96.3 Å². The lowest BCUT2D eigenvalue weighted by Crippen LogP contribution is -2.41. The Morgan fingerprint density at radius 1 is 0.302 bits per heavy atom. The molecule has 139 heavy (non-hydrogen) atoms. The lowest BCUT2D eigenvalue weighted by molar-refractivity contribution is 0.0634. The fourth-order valence-corrected chi connectivity index (χ4v) is 11.7. The summed E-state index contributed by atoms with van der Waals surface area (Å²) in [6.45, 7) is 99.5. The van der Waals surface area contributed by atoms with Crippen molar-refractivity contribution in [3.05, 3.63) is 164 Å². The predicted octanol–water partition coefficient (Wildman–Crippen LogP) is 29.2. The number of nitrogens with zero attached hydrogens (tertiary/aromatic N) is 7. The third kappa shape index (κ3) is 72.1. The Morgan fingerprint density at radius 2 is 0.734 bits per heavy atom. The van der Waals surface area contributed by atoms with Gasteiger partial charge in [0.2, 0.25) is 17.6 Å². The molecule has 0 radical (unpaired) electrons. The van der Waals surface area contributed by atoms with Crippen LogP contribution >= 0.6 is 0 Å². The van der Waals surface area contributed by atoms with Gasteiger partial charge in [0.05, 0.1) is 93.8 Å². The van der Waals surface area contributed by atoms with E-state index in [0.717, 1.165) is 140 Å². The fourth-order valence-electron chi connectivity index (χ4n) is 11.7. The molecule has 0 amide bonds. The van der Waals surface area contributed by atoms with Crippen LogP contribution in [-0.4, -0.2) is 160 Å². The second-order valence-corrected chi connectivity index (χ2v) is 48.7. The topological polar surface area (TPSA) is 243 Å². The smallest absolute Gasteiger partial charge is 0.213 e. The molecule has 786 valence electrons. The molecule has 0 aliphatic rings. The minimum atomic E-state index is -0.0348. The number of aromatic nitrogens is 7. The first kappa shape index (κ1) is 128. The van der Waals surface area contributed by atoms with Crippen molar-refractivity contribution in [1.82, 2.24) is 50.8 Å². The van der Waals surface area contributed by atoms with Crippen LogP contribution in [0.3, 0.4) is 0 Å². The molecule has 2 atom stereocenters. The van der Waals surface area contributed by atoms with Crippen LogP contribution < -0.4 is 64.5 Å². The molecule has 0 aliphatic carbocycles. The van der Waals surface area contributed by atoms with Crippen molar-refractivity contribution < 1.29 is 47.4 Å². The van der Waals surface area contributed by atoms with Crippen molar-refractivity contribution in [1.29, 1.82) is 0 Å². The van der Waals surface area contributed by atoms with E-state index in [0.29, 0.717) is 68.1 Å². The van der Waals surface area contributed by atoms with E-state index in [1.165, 1.54) is 24.8 Å². The minimum absolute atomic E-state index is 0.0277. The van der Waals surface area contributed by atoms with Gasteiger partial charge in [0.15, 0.2) is 0 Å². The highest BCUT2D eigenvalue weighted by molar-refractivity contribution is 5.62. The molecule has 0 fully saturated rings. The molecule has 8 rings (SSSR count). The Bertz CT molecular complexity index is 4230. The Morgan fingerprint density at radius 3 is 1.12 bits per heavy atom. The number of nitrogens with one attached hydrogen (secondary N) is 5. The van der Waals surface area contributed by atoms with E-state index >= 15 is 0 Å². The maximum Gasteiger partial charge on any atom is 0.213 e. The third-order valence-electron chi connectivity index (χ3n) is 18.6. The molecule has 2 aromatic carbocycles. The van der Waals surface area contributed by atoms with Crippen molar-refractivity contribution in [2.24, 2.45) is 32.5 Å². The zero-order valence-electron chi connectivity index (χ0n) is 95.4. The normalized spacial score (nSPS) is 12.5. The molecule has 0 saturated heterocycles. The Balaban J connectivity index is 0.000000832. The predicted molar refractivity (Wildman–Crippen MR) is 588 cm³/mol. The number of pyridine rings is 5. The van der Waals surface area contributed by atoms with Crippen molar-refractivity contribution >= 4 is 11.5 Å². The monoisotopic (exact) mass is 1930 g/mol. The van der Waals surface area contributed by atoms with E-state index in [9.17, 15) is 0 Å². The van der Waals surface area contributed by atoms with E-state index in [2.05, 4.69) is 336 Å². The number of rotatable bonds is 39. The van der Waals surface area contributed by atoms with Crippen LogP contribution in [0, 0.1) is 32.5 Å². The van der Waals surface area contributed by atoms with Crippen LogP contribution in [0.4, 0.5) is 11.5 Å². The van der Waals surface area contributed by atoms with Crippen LogP contribution in [0.15, 0.2) is 153 Å².